The molecule has 0 aromatic heterocycles. The summed E-state index contributed by atoms with van der Waals surface area (Å²) in [5.74, 6) is 0.316. The SMILES string of the molecule is CCN1CC[C@]2(CN(C(C)=O)CC23CCN(C(=O)c2cccc(C)c2)CC3)C1=O. The number of likely N-dealkylation sites (tertiary alicyclic amines) is 3. The zero-order valence-electron chi connectivity index (χ0n) is 17.7. The molecule has 156 valence electrons. The first-order chi connectivity index (χ1) is 13.8. The number of fused-ring (bicyclic) bond motifs is 1. The summed E-state index contributed by atoms with van der Waals surface area (Å²) >= 11 is 0. The average Bonchev–Trinajstić information content (AvgIpc) is 3.21. The third kappa shape index (κ3) is 3.04. The van der Waals surface area contributed by atoms with Gasteiger partial charge >= 0.3 is 0 Å². The molecule has 3 heterocycles. The number of piperidine rings is 1. The second kappa shape index (κ2) is 7.15. The summed E-state index contributed by atoms with van der Waals surface area (Å²) in [5.41, 5.74) is 1.10. The second-order valence-corrected chi connectivity index (χ2v) is 9.03. The Morgan fingerprint density at radius 1 is 1.03 bits per heavy atom. The lowest BCUT2D eigenvalue weighted by molar-refractivity contribution is -0.141. The summed E-state index contributed by atoms with van der Waals surface area (Å²) in [6.07, 6.45) is 2.37. The van der Waals surface area contributed by atoms with Crippen LogP contribution in [-0.4, -0.2) is 71.7 Å². The zero-order valence-corrected chi connectivity index (χ0v) is 17.7. The number of rotatable bonds is 2. The van der Waals surface area contributed by atoms with Crippen molar-refractivity contribution in [1.29, 1.82) is 0 Å². The molecule has 6 nitrogen and oxygen atoms in total. The standard InChI is InChI=1S/C23H31N3O3/c1-4-24-13-10-23(21(24)29)16-26(18(3)27)15-22(23)8-11-25(12-9-22)20(28)19-7-5-6-17(2)14-19/h5-7,14H,4,8-13,15-16H2,1-3H3/t23-/m0/s1. The van der Waals surface area contributed by atoms with Crippen LogP contribution in [0.4, 0.5) is 0 Å². The van der Waals surface area contributed by atoms with Crippen LogP contribution in [0.25, 0.3) is 0 Å². The van der Waals surface area contributed by atoms with Crippen molar-refractivity contribution < 1.29 is 14.4 Å². The minimum atomic E-state index is -0.479. The van der Waals surface area contributed by atoms with Crippen molar-refractivity contribution >= 4 is 17.7 Å². The van der Waals surface area contributed by atoms with Gasteiger partial charge in [0.15, 0.2) is 0 Å². The molecule has 2 spiro atoms. The van der Waals surface area contributed by atoms with Crippen molar-refractivity contribution in [2.45, 2.75) is 40.0 Å². The lowest BCUT2D eigenvalue weighted by atomic mass is 9.60. The van der Waals surface area contributed by atoms with Gasteiger partial charge in [0.2, 0.25) is 11.8 Å². The van der Waals surface area contributed by atoms with E-state index >= 15 is 0 Å². The normalized spacial score (nSPS) is 26.0. The minimum absolute atomic E-state index is 0.0438. The van der Waals surface area contributed by atoms with E-state index in [9.17, 15) is 14.4 Å². The molecule has 1 aromatic rings. The molecule has 0 unspecified atom stereocenters. The maximum Gasteiger partial charge on any atom is 0.253 e. The molecule has 3 aliphatic rings. The van der Waals surface area contributed by atoms with E-state index in [-0.39, 0.29) is 23.1 Å². The number of carbonyl (C=O) groups excluding carboxylic acids is 3. The summed E-state index contributed by atoms with van der Waals surface area (Å²) in [7, 11) is 0. The third-order valence-electron chi connectivity index (χ3n) is 7.57. The smallest absolute Gasteiger partial charge is 0.253 e. The molecule has 4 rings (SSSR count). The number of hydrogen-bond acceptors (Lipinski definition) is 3. The third-order valence-corrected chi connectivity index (χ3v) is 7.57. The molecule has 1 atom stereocenters. The molecule has 3 saturated heterocycles. The van der Waals surface area contributed by atoms with Gasteiger partial charge in [0.1, 0.15) is 0 Å². The van der Waals surface area contributed by atoms with Crippen LogP contribution in [0.5, 0.6) is 0 Å². The average molecular weight is 398 g/mol. The van der Waals surface area contributed by atoms with Crippen LogP contribution in [0.15, 0.2) is 24.3 Å². The molecule has 0 N–H and O–H groups in total. The zero-order chi connectivity index (χ0) is 20.8. The topological polar surface area (TPSA) is 60.9 Å². The summed E-state index contributed by atoms with van der Waals surface area (Å²) in [4.78, 5) is 44.3. The molecule has 3 fully saturated rings. The number of aryl methyl sites for hydroxylation is 1. The van der Waals surface area contributed by atoms with Gasteiger partial charge < -0.3 is 14.7 Å². The highest BCUT2D eigenvalue weighted by molar-refractivity contribution is 5.94. The Hall–Kier alpha value is -2.37. The van der Waals surface area contributed by atoms with Gasteiger partial charge in [-0.3, -0.25) is 14.4 Å². The Labute approximate surface area is 172 Å². The van der Waals surface area contributed by atoms with Crippen molar-refractivity contribution in [1.82, 2.24) is 14.7 Å². The Morgan fingerprint density at radius 3 is 2.34 bits per heavy atom. The Bertz CT molecular complexity index is 844. The summed E-state index contributed by atoms with van der Waals surface area (Å²) in [6.45, 7) is 9.54. The van der Waals surface area contributed by atoms with Crippen molar-refractivity contribution in [3.63, 3.8) is 0 Å². The van der Waals surface area contributed by atoms with Gasteiger partial charge in [0, 0.05) is 57.2 Å². The molecule has 6 heteroatoms. The first kappa shape index (κ1) is 19.9. The van der Waals surface area contributed by atoms with Crippen molar-refractivity contribution in [2.75, 3.05) is 39.3 Å². The van der Waals surface area contributed by atoms with Crippen LogP contribution in [0.3, 0.4) is 0 Å². The highest BCUT2D eigenvalue weighted by atomic mass is 16.2. The molecule has 0 bridgehead atoms. The molecule has 0 saturated carbocycles. The highest BCUT2D eigenvalue weighted by Gasteiger charge is 2.65. The fourth-order valence-corrected chi connectivity index (χ4v) is 5.80. The monoisotopic (exact) mass is 397 g/mol. The van der Waals surface area contributed by atoms with E-state index in [0.29, 0.717) is 32.7 Å². The quantitative estimate of drug-likeness (QED) is 0.769. The molecule has 29 heavy (non-hydrogen) atoms. The molecule has 0 radical (unpaired) electrons. The van der Waals surface area contributed by atoms with E-state index in [2.05, 4.69) is 0 Å². The molecule has 3 aliphatic heterocycles. The largest absolute Gasteiger partial charge is 0.342 e. The van der Waals surface area contributed by atoms with E-state index < -0.39 is 5.41 Å². The summed E-state index contributed by atoms with van der Waals surface area (Å²) < 4.78 is 0. The number of carbonyl (C=O) groups is 3. The van der Waals surface area contributed by atoms with Crippen LogP contribution in [0.2, 0.25) is 0 Å². The molecule has 0 aliphatic carbocycles. The predicted molar refractivity (Wildman–Crippen MR) is 110 cm³/mol. The van der Waals surface area contributed by atoms with Gasteiger partial charge in [-0.1, -0.05) is 17.7 Å². The van der Waals surface area contributed by atoms with Crippen molar-refractivity contribution in [2.24, 2.45) is 10.8 Å². The van der Waals surface area contributed by atoms with Crippen LogP contribution >= 0.6 is 0 Å². The lowest BCUT2D eigenvalue weighted by Crippen LogP contribution is -2.53. The molecule has 1 aromatic carbocycles. The highest BCUT2D eigenvalue weighted by Crippen LogP contribution is 2.57. The molecule has 3 amide bonds. The summed E-state index contributed by atoms with van der Waals surface area (Å²) in [5, 5.41) is 0. The van der Waals surface area contributed by atoms with Crippen LogP contribution in [-0.2, 0) is 9.59 Å². The Balaban J connectivity index is 1.57. The Kier molecular flexibility index (Phi) is 4.91. The first-order valence-electron chi connectivity index (χ1n) is 10.7. The van der Waals surface area contributed by atoms with Crippen LogP contribution in [0.1, 0.15) is 49.0 Å². The number of benzene rings is 1. The van der Waals surface area contributed by atoms with Crippen LogP contribution in [0, 0.1) is 17.8 Å². The van der Waals surface area contributed by atoms with Crippen molar-refractivity contribution in [3.8, 4) is 0 Å². The van der Waals surface area contributed by atoms with Gasteiger partial charge in [-0.25, -0.2) is 0 Å². The second-order valence-electron chi connectivity index (χ2n) is 9.03. The van der Waals surface area contributed by atoms with E-state index in [1.165, 1.54) is 0 Å². The Morgan fingerprint density at radius 2 is 1.76 bits per heavy atom. The predicted octanol–water partition coefficient (Wildman–Crippen LogP) is 2.32. The van der Waals surface area contributed by atoms with Crippen molar-refractivity contribution in [3.05, 3.63) is 35.4 Å². The fourth-order valence-electron chi connectivity index (χ4n) is 5.80. The fraction of sp³-hybridized carbons (Fsp3) is 0.609. The molecular weight excluding hydrogens is 366 g/mol. The van der Waals surface area contributed by atoms with Gasteiger partial charge in [0.05, 0.1) is 5.41 Å². The first-order valence-corrected chi connectivity index (χ1v) is 10.7. The van der Waals surface area contributed by atoms with Gasteiger partial charge in [-0.15, -0.1) is 0 Å². The lowest BCUT2D eigenvalue weighted by Gasteiger charge is -2.46. The summed E-state index contributed by atoms with van der Waals surface area (Å²) in [6, 6.07) is 7.71. The number of hydrogen-bond donors (Lipinski definition) is 0. The molecular formula is C23H31N3O3. The maximum atomic E-state index is 13.4. The van der Waals surface area contributed by atoms with E-state index in [4.69, 9.17) is 0 Å². The van der Waals surface area contributed by atoms with Gasteiger partial charge in [0.25, 0.3) is 5.91 Å². The number of nitrogens with zero attached hydrogens (tertiary/aromatic N) is 3. The minimum Gasteiger partial charge on any atom is -0.342 e. The van der Waals surface area contributed by atoms with E-state index in [0.717, 1.165) is 36.9 Å². The van der Waals surface area contributed by atoms with Gasteiger partial charge in [-0.2, -0.15) is 0 Å². The van der Waals surface area contributed by atoms with E-state index in [1.54, 1.807) is 6.92 Å². The maximum absolute atomic E-state index is 13.4. The van der Waals surface area contributed by atoms with E-state index in [1.807, 2.05) is 52.8 Å². The van der Waals surface area contributed by atoms with Gasteiger partial charge in [-0.05, 0) is 45.2 Å². The number of amides is 3. The van der Waals surface area contributed by atoms with Crippen LogP contribution < -0.4 is 0 Å².